The highest BCUT2D eigenvalue weighted by molar-refractivity contribution is 5.74. The Morgan fingerprint density at radius 3 is 2.76 bits per heavy atom. The summed E-state index contributed by atoms with van der Waals surface area (Å²) < 4.78 is 7.14. The van der Waals surface area contributed by atoms with Gasteiger partial charge in [-0.05, 0) is 48.9 Å². The van der Waals surface area contributed by atoms with Crippen LogP contribution in [0.3, 0.4) is 0 Å². The number of nitrogens with zero attached hydrogens (tertiary/aromatic N) is 1. The van der Waals surface area contributed by atoms with Gasteiger partial charge in [0.25, 0.3) is 0 Å². The molecule has 0 spiro atoms. The number of hydrogen-bond donors (Lipinski definition) is 1. The molecule has 1 fully saturated rings. The van der Waals surface area contributed by atoms with Crippen LogP contribution in [0.25, 0.3) is 11.1 Å². The molecule has 4 heteroatoms. The van der Waals surface area contributed by atoms with Crippen molar-refractivity contribution in [1.29, 1.82) is 0 Å². The Hall–Kier alpha value is -1.55. The lowest BCUT2D eigenvalue weighted by Gasteiger charge is -2.18. The minimum atomic E-state index is -0.253. The monoisotopic (exact) mass is 288 g/mol. The van der Waals surface area contributed by atoms with E-state index < -0.39 is 0 Å². The first-order valence-electron chi connectivity index (χ1n) is 7.78. The standard InChI is InChI=1S/C17H24N2O2/c1-5-8-19-13-7-6-11(9-14(13)21-16(19)20)15(18-4)12-10-17(12,2)3/h6-7,9,12,15,18H,5,8,10H2,1-4H3. The summed E-state index contributed by atoms with van der Waals surface area (Å²) in [6, 6.07) is 6.49. The fraction of sp³-hybridized carbons (Fsp3) is 0.588. The second-order valence-electron chi connectivity index (χ2n) is 6.81. The molecule has 1 heterocycles. The van der Waals surface area contributed by atoms with Crippen molar-refractivity contribution in [1.82, 2.24) is 9.88 Å². The third kappa shape index (κ3) is 2.42. The zero-order valence-electron chi connectivity index (χ0n) is 13.3. The van der Waals surface area contributed by atoms with E-state index in [2.05, 4.69) is 32.2 Å². The topological polar surface area (TPSA) is 47.2 Å². The summed E-state index contributed by atoms with van der Waals surface area (Å²) in [7, 11) is 2.00. The Morgan fingerprint density at radius 1 is 1.48 bits per heavy atom. The number of fused-ring (bicyclic) bond motifs is 1. The Bertz CT molecular complexity index is 711. The van der Waals surface area contributed by atoms with Crippen molar-refractivity contribution in [2.24, 2.45) is 11.3 Å². The lowest BCUT2D eigenvalue weighted by molar-refractivity contribution is 0.440. The lowest BCUT2D eigenvalue weighted by atomic mass is 9.97. The van der Waals surface area contributed by atoms with Gasteiger partial charge in [-0.1, -0.05) is 26.8 Å². The van der Waals surface area contributed by atoms with Gasteiger partial charge in [-0.25, -0.2) is 4.79 Å². The molecule has 0 aliphatic heterocycles. The summed E-state index contributed by atoms with van der Waals surface area (Å²) in [5.41, 5.74) is 3.20. The molecule has 0 saturated heterocycles. The molecule has 4 nitrogen and oxygen atoms in total. The molecular weight excluding hydrogens is 264 g/mol. The van der Waals surface area contributed by atoms with Gasteiger partial charge >= 0.3 is 5.76 Å². The van der Waals surface area contributed by atoms with Gasteiger partial charge in [-0.3, -0.25) is 4.57 Å². The number of benzene rings is 1. The largest absolute Gasteiger partial charge is 0.419 e. The van der Waals surface area contributed by atoms with Gasteiger partial charge < -0.3 is 9.73 Å². The third-order valence-corrected chi connectivity index (χ3v) is 4.80. The quantitative estimate of drug-likeness (QED) is 0.918. The number of nitrogens with one attached hydrogen (secondary N) is 1. The first-order chi connectivity index (χ1) is 9.97. The van der Waals surface area contributed by atoms with Gasteiger partial charge in [-0.2, -0.15) is 0 Å². The first-order valence-corrected chi connectivity index (χ1v) is 7.78. The first kappa shape index (κ1) is 14.4. The van der Waals surface area contributed by atoms with Crippen LogP contribution in [0.15, 0.2) is 27.4 Å². The summed E-state index contributed by atoms with van der Waals surface area (Å²) >= 11 is 0. The number of aryl methyl sites for hydroxylation is 1. The Kier molecular flexibility index (Phi) is 3.44. The van der Waals surface area contributed by atoms with Gasteiger partial charge in [0.05, 0.1) is 5.52 Å². The smallest absolute Gasteiger partial charge is 0.408 e. The molecule has 0 radical (unpaired) electrons. The SMILES string of the molecule is CCCn1c(=O)oc2cc(C(NC)C3CC3(C)C)ccc21. The van der Waals surface area contributed by atoms with Gasteiger partial charge in [0, 0.05) is 12.6 Å². The van der Waals surface area contributed by atoms with Crippen LogP contribution in [-0.4, -0.2) is 11.6 Å². The molecule has 2 unspecified atom stereocenters. The Balaban J connectivity index is 1.99. The predicted molar refractivity (Wildman–Crippen MR) is 84.5 cm³/mol. The van der Waals surface area contributed by atoms with Crippen molar-refractivity contribution in [3.05, 3.63) is 34.3 Å². The molecule has 1 aromatic carbocycles. The Morgan fingerprint density at radius 2 is 2.19 bits per heavy atom. The maximum absolute atomic E-state index is 11.9. The minimum absolute atomic E-state index is 0.253. The molecule has 0 amide bonds. The van der Waals surface area contributed by atoms with E-state index in [0.29, 0.717) is 29.5 Å². The van der Waals surface area contributed by atoms with Gasteiger partial charge in [0.2, 0.25) is 0 Å². The van der Waals surface area contributed by atoms with Crippen molar-refractivity contribution >= 4 is 11.1 Å². The highest BCUT2D eigenvalue weighted by Crippen LogP contribution is 2.57. The molecule has 3 rings (SSSR count). The van der Waals surface area contributed by atoms with Gasteiger partial charge in [0.15, 0.2) is 5.58 Å². The van der Waals surface area contributed by atoms with Crippen LogP contribution in [0.4, 0.5) is 0 Å². The minimum Gasteiger partial charge on any atom is -0.408 e. The normalized spacial score (nSPS) is 21.6. The van der Waals surface area contributed by atoms with E-state index in [-0.39, 0.29) is 5.76 Å². The van der Waals surface area contributed by atoms with Crippen molar-refractivity contribution in [2.75, 3.05) is 7.05 Å². The average Bonchev–Trinajstić information content (AvgIpc) is 2.93. The van der Waals surface area contributed by atoms with E-state index in [1.54, 1.807) is 4.57 Å². The van der Waals surface area contributed by atoms with Crippen molar-refractivity contribution in [2.45, 2.75) is 46.2 Å². The van der Waals surface area contributed by atoms with Gasteiger partial charge in [-0.15, -0.1) is 0 Å². The molecule has 1 aliphatic carbocycles. The highest BCUT2D eigenvalue weighted by Gasteiger charge is 2.50. The highest BCUT2D eigenvalue weighted by atomic mass is 16.4. The van der Waals surface area contributed by atoms with Crippen LogP contribution >= 0.6 is 0 Å². The van der Waals surface area contributed by atoms with Crippen LogP contribution in [-0.2, 0) is 6.54 Å². The second kappa shape index (κ2) is 5.02. The number of oxazole rings is 1. The Labute approximate surface area is 125 Å². The third-order valence-electron chi connectivity index (χ3n) is 4.80. The van der Waals surface area contributed by atoms with E-state index in [4.69, 9.17) is 4.42 Å². The predicted octanol–water partition coefficient (Wildman–Crippen LogP) is 3.31. The molecule has 21 heavy (non-hydrogen) atoms. The summed E-state index contributed by atoms with van der Waals surface area (Å²) in [5.74, 6) is 0.390. The summed E-state index contributed by atoms with van der Waals surface area (Å²) in [4.78, 5) is 11.9. The van der Waals surface area contributed by atoms with Crippen molar-refractivity contribution in [3.63, 3.8) is 0 Å². The second-order valence-corrected chi connectivity index (χ2v) is 6.81. The molecule has 1 N–H and O–H groups in total. The number of aromatic nitrogens is 1. The number of rotatable bonds is 5. The van der Waals surface area contributed by atoms with Crippen LogP contribution < -0.4 is 11.1 Å². The molecule has 0 bridgehead atoms. The zero-order chi connectivity index (χ0) is 15.2. The summed E-state index contributed by atoms with van der Waals surface area (Å²) in [6.45, 7) is 7.37. The lowest BCUT2D eigenvalue weighted by Crippen LogP contribution is -2.20. The summed E-state index contributed by atoms with van der Waals surface area (Å²) in [5, 5.41) is 3.42. The fourth-order valence-electron chi connectivity index (χ4n) is 3.39. The molecular formula is C17H24N2O2. The average molecular weight is 288 g/mol. The summed E-state index contributed by atoms with van der Waals surface area (Å²) in [6.07, 6.45) is 2.16. The van der Waals surface area contributed by atoms with Gasteiger partial charge in [0.1, 0.15) is 0 Å². The van der Waals surface area contributed by atoms with Crippen LogP contribution in [0.2, 0.25) is 0 Å². The van der Waals surface area contributed by atoms with Crippen LogP contribution in [0, 0.1) is 11.3 Å². The van der Waals surface area contributed by atoms with E-state index in [0.717, 1.165) is 11.9 Å². The molecule has 2 atom stereocenters. The molecule has 1 aromatic heterocycles. The fourth-order valence-corrected chi connectivity index (χ4v) is 3.39. The maximum Gasteiger partial charge on any atom is 0.419 e. The molecule has 2 aromatic rings. The van der Waals surface area contributed by atoms with E-state index in [1.807, 2.05) is 19.2 Å². The van der Waals surface area contributed by atoms with Crippen molar-refractivity contribution in [3.8, 4) is 0 Å². The van der Waals surface area contributed by atoms with E-state index in [1.165, 1.54) is 12.0 Å². The molecule has 114 valence electrons. The molecule has 1 saturated carbocycles. The maximum atomic E-state index is 11.9. The number of hydrogen-bond acceptors (Lipinski definition) is 3. The van der Waals surface area contributed by atoms with Crippen LogP contribution in [0.5, 0.6) is 0 Å². The molecule has 1 aliphatic rings. The van der Waals surface area contributed by atoms with E-state index in [9.17, 15) is 4.79 Å². The zero-order valence-corrected chi connectivity index (χ0v) is 13.3. The van der Waals surface area contributed by atoms with Crippen molar-refractivity contribution < 1.29 is 4.42 Å². The van der Waals surface area contributed by atoms with Crippen LogP contribution in [0.1, 0.15) is 45.2 Å². The van der Waals surface area contributed by atoms with E-state index >= 15 is 0 Å².